The summed E-state index contributed by atoms with van der Waals surface area (Å²) in [6.07, 6.45) is 0.433. The van der Waals surface area contributed by atoms with Crippen molar-refractivity contribution in [1.29, 1.82) is 0 Å². The number of hydrogen-bond acceptors (Lipinski definition) is 4. The topological polar surface area (TPSA) is 38.8 Å². The van der Waals surface area contributed by atoms with Crippen molar-refractivity contribution in [2.75, 3.05) is 33.4 Å². The maximum absolute atomic E-state index is 12.3. The Balaban J connectivity index is 1.92. The molecule has 0 amide bonds. The lowest BCUT2D eigenvalue weighted by molar-refractivity contribution is 0.0670. The molecule has 1 atom stereocenters. The van der Waals surface area contributed by atoms with Crippen LogP contribution in [0.1, 0.15) is 23.7 Å². The third-order valence-electron chi connectivity index (χ3n) is 3.65. The second-order valence-electron chi connectivity index (χ2n) is 5.19. The summed E-state index contributed by atoms with van der Waals surface area (Å²) < 4.78 is 10.4. The molecule has 1 heterocycles. The highest BCUT2D eigenvalue weighted by molar-refractivity contribution is 7.80. The van der Waals surface area contributed by atoms with E-state index in [-0.39, 0.29) is 11.7 Å². The van der Waals surface area contributed by atoms with Gasteiger partial charge in [-0.2, -0.15) is 0 Å². The van der Waals surface area contributed by atoms with E-state index < -0.39 is 0 Å². The normalized spacial score (nSPS) is 16.4. The van der Waals surface area contributed by atoms with Gasteiger partial charge in [0.1, 0.15) is 5.75 Å². The number of thiocarbonyl (C=S) groups is 1. The maximum Gasteiger partial charge on any atom is 0.163 e. The predicted molar refractivity (Wildman–Crippen MR) is 86.1 cm³/mol. The molecule has 5 heteroatoms. The minimum Gasteiger partial charge on any atom is -0.497 e. The number of carbonyl (C=O) groups excluding carboxylic acids is 1. The molecular weight excluding hydrogens is 286 g/mol. The number of hydrogen-bond donors (Lipinski definition) is 0. The van der Waals surface area contributed by atoms with Crippen LogP contribution in [-0.4, -0.2) is 49.1 Å². The molecule has 1 unspecified atom stereocenters. The zero-order valence-corrected chi connectivity index (χ0v) is 13.3. The number of rotatable bonds is 5. The van der Waals surface area contributed by atoms with Crippen molar-refractivity contribution >= 4 is 23.0 Å². The fourth-order valence-corrected chi connectivity index (χ4v) is 2.62. The summed E-state index contributed by atoms with van der Waals surface area (Å²) in [4.78, 5) is 15.3. The minimum absolute atomic E-state index is 0.0627. The first-order valence-corrected chi connectivity index (χ1v) is 7.56. The molecule has 0 spiro atoms. The number of ketones is 1. The van der Waals surface area contributed by atoms with Crippen molar-refractivity contribution < 1.29 is 14.3 Å². The number of methoxy groups -OCH3 is 1. The third kappa shape index (κ3) is 4.25. The fraction of sp³-hybridized carbons (Fsp3) is 0.500. The molecule has 0 aliphatic carbocycles. The van der Waals surface area contributed by atoms with Crippen molar-refractivity contribution in [1.82, 2.24) is 4.90 Å². The standard InChI is InChI=1S/C16H21NO3S/c1-12(16(21)17-7-9-20-10-8-17)11-15(18)13-3-5-14(19-2)6-4-13/h3-6,12H,7-11H2,1-2H3. The molecule has 0 radical (unpaired) electrons. The van der Waals surface area contributed by atoms with Crippen molar-refractivity contribution in [3.63, 3.8) is 0 Å². The molecule has 1 fully saturated rings. The van der Waals surface area contributed by atoms with Gasteiger partial charge in [-0.05, 0) is 24.3 Å². The van der Waals surface area contributed by atoms with Crippen LogP contribution in [-0.2, 0) is 4.74 Å². The molecule has 1 aromatic rings. The second kappa shape index (κ2) is 7.52. The summed E-state index contributed by atoms with van der Waals surface area (Å²) in [5, 5.41) is 0. The summed E-state index contributed by atoms with van der Waals surface area (Å²) >= 11 is 5.50. The molecule has 0 aromatic heterocycles. The SMILES string of the molecule is COc1ccc(C(=O)CC(C)C(=S)N2CCOCC2)cc1. The van der Waals surface area contributed by atoms with E-state index in [1.165, 1.54) is 0 Å². The van der Waals surface area contributed by atoms with Crippen LogP contribution >= 0.6 is 12.2 Å². The quantitative estimate of drug-likeness (QED) is 0.617. The van der Waals surface area contributed by atoms with Crippen molar-refractivity contribution in [3.8, 4) is 5.75 Å². The zero-order valence-electron chi connectivity index (χ0n) is 12.5. The van der Waals surface area contributed by atoms with Gasteiger partial charge in [0.15, 0.2) is 5.78 Å². The molecule has 1 aliphatic rings. The summed E-state index contributed by atoms with van der Waals surface area (Å²) in [7, 11) is 1.61. The average molecular weight is 307 g/mol. The minimum atomic E-state index is 0.0627. The highest BCUT2D eigenvalue weighted by Crippen LogP contribution is 2.17. The van der Waals surface area contributed by atoms with Crippen molar-refractivity contribution in [3.05, 3.63) is 29.8 Å². The molecule has 21 heavy (non-hydrogen) atoms. The van der Waals surface area contributed by atoms with E-state index in [2.05, 4.69) is 4.90 Å². The Morgan fingerprint density at radius 1 is 1.33 bits per heavy atom. The van der Waals surface area contributed by atoms with E-state index >= 15 is 0 Å². The lowest BCUT2D eigenvalue weighted by Crippen LogP contribution is -2.42. The predicted octanol–water partition coefficient (Wildman–Crippen LogP) is 2.56. The van der Waals surface area contributed by atoms with Crippen LogP contribution in [0, 0.1) is 5.92 Å². The van der Waals surface area contributed by atoms with Crippen molar-refractivity contribution in [2.45, 2.75) is 13.3 Å². The Kier molecular flexibility index (Phi) is 5.70. The number of nitrogens with zero attached hydrogens (tertiary/aromatic N) is 1. The van der Waals surface area contributed by atoms with Gasteiger partial charge in [0.25, 0.3) is 0 Å². The third-order valence-corrected chi connectivity index (χ3v) is 4.31. The van der Waals surface area contributed by atoms with Crippen molar-refractivity contribution in [2.24, 2.45) is 5.92 Å². The molecule has 4 nitrogen and oxygen atoms in total. The van der Waals surface area contributed by atoms with E-state index in [1.807, 2.05) is 6.92 Å². The van der Waals surface area contributed by atoms with E-state index in [9.17, 15) is 4.79 Å². The van der Waals surface area contributed by atoms with Crippen LogP contribution in [0.2, 0.25) is 0 Å². The van der Waals surface area contributed by atoms with Gasteiger partial charge in [0.2, 0.25) is 0 Å². The average Bonchev–Trinajstić information content (AvgIpc) is 2.55. The van der Waals surface area contributed by atoms with Gasteiger partial charge < -0.3 is 14.4 Å². The molecule has 1 aromatic carbocycles. The first-order valence-electron chi connectivity index (χ1n) is 7.15. The lowest BCUT2D eigenvalue weighted by atomic mass is 9.99. The van der Waals surface area contributed by atoms with Crippen LogP contribution in [0.25, 0.3) is 0 Å². The van der Waals surface area contributed by atoms with Crippen LogP contribution in [0.15, 0.2) is 24.3 Å². The largest absolute Gasteiger partial charge is 0.497 e. The van der Waals surface area contributed by atoms with Gasteiger partial charge >= 0.3 is 0 Å². The van der Waals surface area contributed by atoms with Gasteiger partial charge in [-0.1, -0.05) is 19.1 Å². The van der Waals surface area contributed by atoms with Gasteiger partial charge in [0.05, 0.1) is 25.3 Å². The number of Topliss-reactive ketones (excluding diaryl/α,β-unsaturated/α-hetero) is 1. The van der Waals surface area contributed by atoms with E-state index in [1.54, 1.807) is 31.4 Å². The smallest absolute Gasteiger partial charge is 0.163 e. The van der Waals surface area contributed by atoms with Gasteiger partial charge in [-0.15, -0.1) is 0 Å². The van der Waals surface area contributed by atoms with E-state index in [0.717, 1.165) is 23.8 Å². The molecule has 1 aliphatic heterocycles. The molecule has 2 rings (SSSR count). The summed E-state index contributed by atoms with van der Waals surface area (Å²) in [5.74, 6) is 0.928. The maximum atomic E-state index is 12.3. The first kappa shape index (κ1) is 15.9. The Morgan fingerprint density at radius 2 is 1.95 bits per heavy atom. The summed E-state index contributed by atoms with van der Waals surface area (Å²) in [6, 6.07) is 7.20. The molecule has 0 N–H and O–H groups in total. The Hall–Kier alpha value is -1.46. The van der Waals surface area contributed by atoms with E-state index in [0.29, 0.717) is 25.2 Å². The van der Waals surface area contributed by atoms with E-state index in [4.69, 9.17) is 21.7 Å². The zero-order chi connectivity index (χ0) is 15.2. The molecular formula is C16H21NO3S. The first-order chi connectivity index (χ1) is 10.1. The highest BCUT2D eigenvalue weighted by Gasteiger charge is 2.21. The number of carbonyl (C=O) groups is 1. The van der Waals surface area contributed by atoms with Crippen LogP contribution in [0.5, 0.6) is 5.75 Å². The monoisotopic (exact) mass is 307 g/mol. The molecule has 1 saturated heterocycles. The van der Waals surface area contributed by atoms with Gasteiger partial charge in [0, 0.05) is 31.0 Å². The highest BCUT2D eigenvalue weighted by atomic mass is 32.1. The van der Waals surface area contributed by atoms with Gasteiger partial charge in [-0.25, -0.2) is 0 Å². The fourth-order valence-electron chi connectivity index (χ4n) is 2.36. The Labute approximate surface area is 131 Å². The molecule has 0 saturated carbocycles. The Morgan fingerprint density at radius 3 is 2.52 bits per heavy atom. The van der Waals surface area contributed by atoms with Crippen LogP contribution < -0.4 is 4.74 Å². The second-order valence-corrected chi connectivity index (χ2v) is 5.61. The Bertz CT molecular complexity index is 495. The van der Waals surface area contributed by atoms with Crippen LogP contribution in [0.4, 0.5) is 0 Å². The number of ether oxygens (including phenoxy) is 2. The lowest BCUT2D eigenvalue weighted by Gasteiger charge is -2.31. The molecule has 0 bridgehead atoms. The summed E-state index contributed by atoms with van der Waals surface area (Å²) in [5.41, 5.74) is 0.701. The van der Waals surface area contributed by atoms with Crippen LogP contribution in [0.3, 0.4) is 0 Å². The summed E-state index contributed by atoms with van der Waals surface area (Å²) in [6.45, 7) is 5.07. The number of benzene rings is 1. The van der Waals surface area contributed by atoms with Gasteiger partial charge in [-0.3, -0.25) is 4.79 Å². The number of morpholine rings is 1. The molecule has 114 valence electrons.